The summed E-state index contributed by atoms with van der Waals surface area (Å²) in [6.45, 7) is 1.50. The lowest BCUT2D eigenvalue weighted by atomic mass is 10.0. The third-order valence-corrected chi connectivity index (χ3v) is 6.59. The Labute approximate surface area is 201 Å². The van der Waals surface area contributed by atoms with Gasteiger partial charge in [0.25, 0.3) is 6.43 Å². The summed E-state index contributed by atoms with van der Waals surface area (Å²) >= 11 is 0. The number of hydrogen-bond acceptors (Lipinski definition) is 6. The van der Waals surface area contributed by atoms with Crippen molar-refractivity contribution in [2.24, 2.45) is 0 Å². The number of alkyl halides is 2. The SMILES string of the molecule is O=C1OCc2cc(CCN3CCN(C(=O)Cc4ccc(-n5cncn5)cc4)CC3C(F)F)ccc21. The second-order valence-corrected chi connectivity index (χ2v) is 8.78. The van der Waals surface area contributed by atoms with Crippen LogP contribution >= 0.6 is 0 Å². The molecule has 35 heavy (non-hydrogen) atoms. The highest BCUT2D eigenvalue weighted by Gasteiger charge is 2.35. The van der Waals surface area contributed by atoms with Gasteiger partial charge in [-0.3, -0.25) is 9.69 Å². The number of piperazine rings is 1. The van der Waals surface area contributed by atoms with E-state index in [0.29, 0.717) is 31.6 Å². The number of cyclic esters (lactones) is 1. The van der Waals surface area contributed by atoms with Gasteiger partial charge in [0.05, 0.1) is 23.7 Å². The van der Waals surface area contributed by atoms with Gasteiger partial charge in [0.15, 0.2) is 0 Å². The molecule has 0 bridgehead atoms. The van der Waals surface area contributed by atoms with Crippen molar-refractivity contribution < 1.29 is 23.1 Å². The molecule has 182 valence electrons. The number of carbonyl (C=O) groups is 2. The van der Waals surface area contributed by atoms with E-state index in [-0.39, 0.29) is 31.4 Å². The lowest BCUT2D eigenvalue weighted by Gasteiger charge is -2.41. The van der Waals surface area contributed by atoms with Crippen molar-refractivity contribution >= 4 is 11.9 Å². The highest BCUT2D eigenvalue weighted by molar-refractivity contribution is 5.93. The van der Waals surface area contributed by atoms with E-state index in [4.69, 9.17) is 4.74 Å². The first-order valence-electron chi connectivity index (χ1n) is 11.5. The van der Waals surface area contributed by atoms with Crippen molar-refractivity contribution in [2.75, 3.05) is 26.2 Å². The Hall–Kier alpha value is -3.66. The molecule has 1 amide bonds. The predicted octanol–water partition coefficient (Wildman–Crippen LogP) is 2.50. The molecule has 0 spiro atoms. The summed E-state index contributed by atoms with van der Waals surface area (Å²) in [5.41, 5.74) is 4.02. The van der Waals surface area contributed by atoms with E-state index in [1.165, 1.54) is 11.2 Å². The van der Waals surface area contributed by atoms with E-state index >= 15 is 0 Å². The monoisotopic (exact) mass is 481 g/mol. The molecule has 1 aromatic heterocycles. The molecule has 1 fully saturated rings. The molecule has 1 atom stereocenters. The number of ether oxygens (including phenoxy) is 1. The van der Waals surface area contributed by atoms with Gasteiger partial charge in [-0.15, -0.1) is 0 Å². The van der Waals surface area contributed by atoms with Gasteiger partial charge in [-0.2, -0.15) is 5.10 Å². The van der Waals surface area contributed by atoms with Crippen LogP contribution in [0.1, 0.15) is 27.0 Å². The van der Waals surface area contributed by atoms with Crippen LogP contribution in [0.3, 0.4) is 0 Å². The molecule has 0 radical (unpaired) electrons. The topological polar surface area (TPSA) is 80.6 Å². The Bertz CT molecular complexity index is 1200. The van der Waals surface area contributed by atoms with Gasteiger partial charge < -0.3 is 9.64 Å². The van der Waals surface area contributed by atoms with Crippen LogP contribution < -0.4 is 0 Å². The molecule has 10 heteroatoms. The highest BCUT2D eigenvalue weighted by atomic mass is 19.3. The zero-order valence-electron chi connectivity index (χ0n) is 19.0. The minimum absolute atomic E-state index is 0.0000693. The molecule has 2 aliphatic rings. The molecule has 2 aromatic carbocycles. The largest absolute Gasteiger partial charge is 0.457 e. The lowest BCUT2D eigenvalue weighted by Crippen LogP contribution is -2.58. The number of esters is 1. The van der Waals surface area contributed by atoms with Gasteiger partial charge in [0.2, 0.25) is 5.91 Å². The van der Waals surface area contributed by atoms with Crippen LogP contribution in [-0.2, 0) is 29.0 Å². The summed E-state index contributed by atoms with van der Waals surface area (Å²) in [5, 5.41) is 4.07. The fraction of sp³-hybridized carbons (Fsp3) is 0.360. The Morgan fingerprint density at radius 3 is 2.66 bits per heavy atom. The summed E-state index contributed by atoms with van der Waals surface area (Å²) in [6, 6.07) is 11.8. The zero-order valence-corrected chi connectivity index (χ0v) is 19.0. The number of fused-ring (bicyclic) bond motifs is 1. The van der Waals surface area contributed by atoms with Crippen molar-refractivity contribution in [1.82, 2.24) is 24.6 Å². The van der Waals surface area contributed by atoms with Crippen LogP contribution in [0.5, 0.6) is 0 Å². The standard InChI is InChI=1S/C25H25F2N5O3/c26-24(27)22-13-31(23(33)12-17-1-4-20(5-2-17)32-16-28-15-29-32)10-9-30(22)8-7-18-3-6-21-19(11-18)14-35-25(21)34/h1-6,11,15-16,22,24H,7-10,12-14H2. The highest BCUT2D eigenvalue weighted by Crippen LogP contribution is 2.23. The number of amides is 1. The number of hydrogen-bond donors (Lipinski definition) is 0. The summed E-state index contributed by atoms with van der Waals surface area (Å²) in [6.07, 6.45) is 1.21. The van der Waals surface area contributed by atoms with Gasteiger partial charge in [-0.25, -0.2) is 23.2 Å². The number of carbonyl (C=O) groups excluding carboxylic acids is 2. The minimum atomic E-state index is -2.56. The number of aromatic nitrogens is 3. The van der Waals surface area contributed by atoms with Gasteiger partial charge >= 0.3 is 5.97 Å². The van der Waals surface area contributed by atoms with E-state index in [2.05, 4.69) is 10.1 Å². The summed E-state index contributed by atoms with van der Waals surface area (Å²) in [4.78, 5) is 31.7. The Balaban J connectivity index is 1.17. The Morgan fingerprint density at radius 1 is 1.11 bits per heavy atom. The molecule has 0 saturated carbocycles. The fourth-order valence-electron chi connectivity index (χ4n) is 4.60. The smallest absolute Gasteiger partial charge is 0.338 e. The summed E-state index contributed by atoms with van der Waals surface area (Å²) < 4.78 is 34.5. The van der Waals surface area contributed by atoms with E-state index in [0.717, 1.165) is 22.4 Å². The normalized spacial score (nSPS) is 18.1. The van der Waals surface area contributed by atoms with Crippen LogP contribution in [0.15, 0.2) is 55.1 Å². The van der Waals surface area contributed by atoms with Gasteiger partial charge in [0, 0.05) is 31.7 Å². The lowest BCUT2D eigenvalue weighted by molar-refractivity contribution is -0.135. The maximum Gasteiger partial charge on any atom is 0.338 e. The molecule has 1 saturated heterocycles. The average molecular weight is 482 g/mol. The van der Waals surface area contributed by atoms with Crippen LogP contribution in [-0.4, -0.2) is 75.1 Å². The van der Waals surface area contributed by atoms with E-state index in [1.54, 1.807) is 22.0 Å². The fourth-order valence-corrected chi connectivity index (χ4v) is 4.60. The van der Waals surface area contributed by atoms with E-state index in [1.807, 2.05) is 36.4 Å². The van der Waals surface area contributed by atoms with Crippen LogP contribution in [0.25, 0.3) is 5.69 Å². The zero-order chi connectivity index (χ0) is 24.4. The Kier molecular flexibility index (Phi) is 6.54. The van der Waals surface area contributed by atoms with Crippen molar-refractivity contribution in [2.45, 2.75) is 31.9 Å². The van der Waals surface area contributed by atoms with Crippen LogP contribution in [0.2, 0.25) is 0 Å². The maximum atomic E-state index is 13.9. The quantitative estimate of drug-likeness (QED) is 0.483. The summed E-state index contributed by atoms with van der Waals surface area (Å²) in [7, 11) is 0. The second-order valence-electron chi connectivity index (χ2n) is 8.78. The van der Waals surface area contributed by atoms with Gasteiger partial charge in [-0.05, 0) is 35.7 Å². The third kappa shape index (κ3) is 5.07. The van der Waals surface area contributed by atoms with Crippen molar-refractivity contribution in [1.29, 1.82) is 0 Å². The molecule has 3 aromatic rings. The Morgan fingerprint density at radius 2 is 1.91 bits per heavy atom. The molecule has 0 aliphatic carbocycles. The first kappa shape index (κ1) is 23.1. The minimum Gasteiger partial charge on any atom is -0.457 e. The van der Waals surface area contributed by atoms with E-state index < -0.39 is 12.5 Å². The molecular weight excluding hydrogens is 456 g/mol. The average Bonchev–Trinajstić information content (AvgIpc) is 3.53. The molecule has 1 unspecified atom stereocenters. The summed E-state index contributed by atoms with van der Waals surface area (Å²) in [5.74, 6) is -0.483. The molecule has 3 heterocycles. The van der Waals surface area contributed by atoms with Crippen LogP contribution in [0.4, 0.5) is 8.78 Å². The maximum absolute atomic E-state index is 13.9. The number of nitrogens with zero attached hydrogens (tertiary/aromatic N) is 5. The molecule has 5 rings (SSSR count). The molecular formula is C25H25F2N5O3. The first-order valence-corrected chi connectivity index (χ1v) is 11.5. The van der Waals surface area contributed by atoms with Crippen LogP contribution in [0, 0.1) is 0 Å². The van der Waals surface area contributed by atoms with Gasteiger partial charge in [-0.1, -0.05) is 24.3 Å². The number of benzene rings is 2. The third-order valence-electron chi connectivity index (χ3n) is 6.59. The predicted molar refractivity (Wildman–Crippen MR) is 122 cm³/mol. The second kappa shape index (κ2) is 9.91. The number of rotatable bonds is 7. The van der Waals surface area contributed by atoms with Crippen molar-refractivity contribution in [3.8, 4) is 5.69 Å². The first-order chi connectivity index (χ1) is 17.0. The molecule has 2 aliphatic heterocycles. The van der Waals surface area contributed by atoms with Crippen molar-refractivity contribution in [3.05, 3.63) is 77.4 Å². The van der Waals surface area contributed by atoms with Gasteiger partial charge in [0.1, 0.15) is 19.3 Å². The molecule has 8 nitrogen and oxygen atoms in total. The van der Waals surface area contributed by atoms with E-state index in [9.17, 15) is 18.4 Å². The van der Waals surface area contributed by atoms with Crippen molar-refractivity contribution in [3.63, 3.8) is 0 Å². The molecule has 0 N–H and O–H groups in total. The number of halogens is 2.